The molecule has 0 saturated carbocycles. The van der Waals surface area contributed by atoms with Gasteiger partial charge in [0, 0.05) is 38.9 Å². The van der Waals surface area contributed by atoms with E-state index in [2.05, 4.69) is 179 Å². The molecule has 0 N–H and O–H groups in total. The van der Waals surface area contributed by atoms with Crippen molar-refractivity contribution in [3.8, 4) is 45.5 Å². The molecule has 270 valence electrons. The molecule has 8 rings (SSSR count). The first-order valence-corrected chi connectivity index (χ1v) is 19.4. The molecule has 0 spiro atoms. The van der Waals surface area contributed by atoms with E-state index in [0.29, 0.717) is 11.4 Å². The molecule has 1 unspecified atom stereocenters. The molecule has 1 atom stereocenters. The van der Waals surface area contributed by atoms with Crippen molar-refractivity contribution in [2.24, 2.45) is 0 Å². The number of nitrogens with zero attached hydrogens (tertiary/aromatic N) is 4. The lowest BCUT2D eigenvalue weighted by atomic mass is 9.86. The molecule has 7 aromatic rings. The van der Waals surface area contributed by atoms with Crippen molar-refractivity contribution in [2.45, 2.75) is 65.2 Å². The monoisotopic (exact) mass is 714 g/mol. The Kier molecular flexibility index (Phi) is 9.64. The Bertz CT molecular complexity index is 2680. The first kappa shape index (κ1) is 35.7. The largest absolute Gasteiger partial charge is 0.308 e. The summed E-state index contributed by atoms with van der Waals surface area (Å²) in [6, 6.07) is 43.2. The minimum atomic E-state index is -0.0357. The Labute approximate surface area is 324 Å². The second-order valence-electron chi connectivity index (χ2n) is 15.5. The average molecular weight is 715 g/mol. The third-order valence-corrected chi connectivity index (χ3v) is 10.8. The van der Waals surface area contributed by atoms with Gasteiger partial charge in [0.1, 0.15) is 0 Å². The zero-order valence-corrected chi connectivity index (χ0v) is 32.3. The Balaban J connectivity index is 1.50. The summed E-state index contributed by atoms with van der Waals surface area (Å²) in [4.78, 5) is 10.7. The van der Waals surface area contributed by atoms with Gasteiger partial charge in [-0.15, -0.1) is 0 Å². The molecule has 0 radical (unpaired) electrons. The molecule has 0 bridgehead atoms. The smallest absolute Gasteiger partial charge is 0.160 e. The maximum atomic E-state index is 10.0. The first-order valence-electron chi connectivity index (χ1n) is 19.4. The molecule has 0 amide bonds. The number of rotatable bonds is 8. The molecule has 0 fully saturated rings. The summed E-state index contributed by atoms with van der Waals surface area (Å²) < 4.78 is 2.43. The van der Waals surface area contributed by atoms with Gasteiger partial charge < -0.3 is 4.57 Å². The molecule has 2 aromatic heterocycles. The van der Waals surface area contributed by atoms with Crippen LogP contribution in [0.25, 0.3) is 66.8 Å². The van der Waals surface area contributed by atoms with Crippen LogP contribution in [0.2, 0.25) is 0 Å². The maximum Gasteiger partial charge on any atom is 0.160 e. The lowest BCUT2D eigenvalue weighted by Crippen LogP contribution is -2.10. The van der Waals surface area contributed by atoms with Gasteiger partial charge in [-0.3, -0.25) is 0 Å². The third kappa shape index (κ3) is 6.83. The first-order chi connectivity index (χ1) is 26.8. The van der Waals surface area contributed by atoms with Crippen molar-refractivity contribution in [1.82, 2.24) is 14.5 Å². The average Bonchev–Trinajstić information content (AvgIpc) is 3.55. The number of nitriles is 1. The van der Waals surface area contributed by atoms with E-state index in [1.807, 2.05) is 12.1 Å². The number of allylic oxidation sites excluding steroid dienone is 6. The molecule has 0 saturated heterocycles. The van der Waals surface area contributed by atoms with Gasteiger partial charge in [0.2, 0.25) is 0 Å². The van der Waals surface area contributed by atoms with E-state index in [9.17, 15) is 5.26 Å². The molecule has 1 aliphatic rings. The SMILES string of the molecule is C/C=C\C(CC)c1cc(-c2ccccc2)nc(-c2cc(C3=CCCC=C3)c(-n3c4ccc(C#N)cc4c4cc(C(C)(C)C)ccc43)c(-c3ccccc3)c2)n1. The van der Waals surface area contributed by atoms with Crippen molar-refractivity contribution >= 4 is 27.4 Å². The second kappa shape index (κ2) is 14.8. The van der Waals surface area contributed by atoms with E-state index in [0.717, 1.165) is 86.0 Å². The molecular formula is C51H46N4. The predicted octanol–water partition coefficient (Wildman–Crippen LogP) is 13.5. The highest BCUT2D eigenvalue weighted by Crippen LogP contribution is 2.44. The van der Waals surface area contributed by atoms with Crippen molar-refractivity contribution < 1.29 is 0 Å². The summed E-state index contributed by atoms with van der Waals surface area (Å²) in [5.74, 6) is 0.875. The molecule has 2 heterocycles. The lowest BCUT2D eigenvalue weighted by Gasteiger charge is -2.23. The standard InChI is InChI=1S/C51H46N4/c1-6-17-35(7-2)45-32-46(38-22-15-10-16-23-38)54-50(53-45)39-29-41(36-18-11-8-12-19-36)49(42(30-39)37-20-13-9-14-21-37)55-47-26-24-34(33-52)28-43(47)44-31-40(51(3,4)5)25-27-48(44)55/h6,8,10-13,15-32,35H,7,9,14H2,1-5H3/b17-6-. The number of aromatic nitrogens is 3. The minimum absolute atomic E-state index is 0.0357. The zero-order chi connectivity index (χ0) is 38.1. The van der Waals surface area contributed by atoms with E-state index in [1.54, 1.807) is 0 Å². The summed E-state index contributed by atoms with van der Waals surface area (Å²) >= 11 is 0. The number of hydrogen-bond donors (Lipinski definition) is 0. The zero-order valence-electron chi connectivity index (χ0n) is 32.3. The van der Waals surface area contributed by atoms with Gasteiger partial charge >= 0.3 is 0 Å². The molecule has 1 aliphatic carbocycles. The Hall–Kier alpha value is -6.31. The summed E-state index contributed by atoms with van der Waals surface area (Å²) in [5, 5.41) is 12.2. The fraction of sp³-hybridized carbons (Fsp3) is 0.196. The van der Waals surface area contributed by atoms with Crippen LogP contribution in [0.1, 0.15) is 82.2 Å². The topological polar surface area (TPSA) is 54.5 Å². The third-order valence-electron chi connectivity index (χ3n) is 10.8. The summed E-state index contributed by atoms with van der Waals surface area (Å²) in [6.07, 6.45) is 14.2. The van der Waals surface area contributed by atoms with Crippen LogP contribution in [-0.2, 0) is 5.41 Å². The second-order valence-corrected chi connectivity index (χ2v) is 15.5. The molecule has 0 aliphatic heterocycles. The lowest BCUT2D eigenvalue weighted by molar-refractivity contribution is 0.591. The maximum absolute atomic E-state index is 10.0. The molecule has 4 nitrogen and oxygen atoms in total. The van der Waals surface area contributed by atoms with Crippen LogP contribution in [0.3, 0.4) is 0 Å². The Morgan fingerprint density at radius 2 is 1.45 bits per heavy atom. The highest BCUT2D eigenvalue weighted by Gasteiger charge is 2.25. The van der Waals surface area contributed by atoms with Gasteiger partial charge in [0.05, 0.1) is 39.7 Å². The fourth-order valence-corrected chi connectivity index (χ4v) is 7.89. The minimum Gasteiger partial charge on any atom is -0.308 e. The highest BCUT2D eigenvalue weighted by atomic mass is 15.0. The molecule has 5 aromatic carbocycles. The van der Waals surface area contributed by atoms with E-state index < -0.39 is 0 Å². The van der Waals surface area contributed by atoms with Crippen LogP contribution in [0.15, 0.2) is 146 Å². The van der Waals surface area contributed by atoms with Gasteiger partial charge in [-0.25, -0.2) is 9.97 Å². The summed E-state index contributed by atoms with van der Waals surface area (Å²) in [7, 11) is 0. The Morgan fingerprint density at radius 3 is 2.11 bits per heavy atom. The Morgan fingerprint density at radius 1 is 0.764 bits per heavy atom. The van der Waals surface area contributed by atoms with Gasteiger partial charge in [-0.2, -0.15) is 5.26 Å². The van der Waals surface area contributed by atoms with Crippen LogP contribution < -0.4 is 0 Å². The van der Waals surface area contributed by atoms with Crippen molar-refractivity contribution in [3.63, 3.8) is 0 Å². The van der Waals surface area contributed by atoms with Crippen LogP contribution in [0, 0.1) is 11.3 Å². The van der Waals surface area contributed by atoms with Crippen LogP contribution in [0.4, 0.5) is 0 Å². The molecular weight excluding hydrogens is 669 g/mol. The number of benzene rings is 5. The van der Waals surface area contributed by atoms with Gasteiger partial charge in [0.15, 0.2) is 5.82 Å². The van der Waals surface area contributed by atoms with Crippen LogP contribution >= 0.6 is 0 Å². The van der Waals surface area contributed by atoms with Crippen LogP contribution in [0.5, 0.6) is 0 Å². The molecule has 4 heteroatoms. The number of hydrogen-bond acceptors (Lipinski definition) is 3. The fourth-order valence-electron chi connectivity index (χ4n) is 7.89. The quantitative estimate of drug-likeness (QED) is 0.147. The van der Waals surface area contributed by atoms with Gasteiger partial charge in [0.25, 0.3) is 0 Å². The van der Waals surface area contributed by atoms with E-state index in [4.69, 9.17) is 9.97 Å². The number of fused-ring (bicyclic) bond motifs is 3. The van der Waals surface area contributed by atoms with Crippen molar-refractivity contribution in [2.75, 3.05) is 0 Å². The van der Waals surface area contributed by atoms with E-state index >= 15 is 0 Å². The van der Waals surface area contributed by atoms with E-state index in [-0.39, 0.29) is 11.3 Å². The van der Waals surface area contributed by atoms with Crippen molar-refractivity contribution in [3.05, 3.63) is 168 Å². The summed E-state index contributed by atoms with van der Waals surface area (Å²) in [5.41, 5.74) is 13.6. The van der Waals surface area contributed by atoms with Crippen molar-refractivity contribution in [1.29, 1.82) is 5.26 Å². The predicted molar refractivity (Wildman–Crippen MR) is 230 cm³/mol. The van der Waals surface area contributed by atoms with E-state index in [1.165, 1.54) is 11.1 Å². The molecule has 55 heavy (non-hydrogen) atoms. The highest BCUT2D eigenvalue weighted by molar-refractivity contribution is 6.11. The normalized spacial score (nSPS) is 13.7. The van der Waals surface area contributed by atoms with Crippen LogP contribution in [-0.4, -0.2) is 14.5 Å². The summed E-state index contributed by atoms with van der Waals surface area (Å²) in [6.45, 7) is 11.0. The van der Waals surface area contributed by atoms with Gasteiger partial charge in [-0.05, 0) is 96.8 Å². The van der Waals surface area contributed by atoms with Gasteiger partial charge in [-0.1, -0.05) is 125 Å².